The Bertz CT molecular complexity index is 809. The number of nitrogens with zero attached hydrogens (tertiary/aromatic N) is 4. The van der Waals surface area contributed by atoms with E-state index < -0.39 is 10.0 Å². The first-order valence-electron chi connectivity index (χ1n) is 7.19. The van der Waals surface area contributed by atoms with Crippen LogP contribution >= 0.6 is 0 Å². The highest BCUT2D eigenvalue weighted by Crippen LogP contribution is 2.38. The fraction of sp³-hybridized carbons (Fsp3) is 0.500. The molecule has 22 heavy (non-hydrogen) atoms. The molecule has 0 unspecified atom stereocenters. The van der Waals surface area contributed by atoms with E-state index in [9.17, 15) is 8.42 Å². The molecular weight excluding hydrogens is 302 g/mol. The summed E-state index contributed by atoms with van der Waals surface area (Å²) in [5, 5.41) is 4.15. The largest absolute Gasteiger partial charge is 0.271 e. The summed E-state index contributed by atoms with van der Waals surface area (Å²) in [6.45, 7) is 3.58. The van der Waals surface area contributed by atoms with E-state index in [1.165, 1.54) is 6.33 Å². The molecule has 8 heteroatoms. The number of aryl methyl sites for hydroxylation is 2. The first-order chi connectivity index (χ1) is 10.4. The van der Waals surface area contributed by atoms with Crippen LogP contribution in [0.1, 0.15) is 41.5 Å². The lowest BCUT2D eigenvalue weighted by Crippen LogP contribution is -2.25. The van der Waals surface area contributed by atoms with Crippen LogP contribution in [-0.2, 0) is 23.6 Å². The highest BCUT2D eigenvalue weighted by atomic mass is 32.2. The van der Waals surface area contributed by atoms with Gasteiger partial charge in [-0.2, -0.15) is 5.10 Å². The molecule has 0 aliphatic heterocycles. The van der Waals surface area contributed by atoms with Crippen molar-refractivity contribution in [2.45, 2.75) is 44.0 Å². The van der Waals surface area contributed by atoms with Crippen LogP contribution in [0.15, 0.2) is 17.3 Å². The molecule has 118 valence electrons. The third-order valence-electron chi connectivity index (χ3n) is 3.90. The average Bonchev–Trinajstić information content (AvgIpc) is 3.26. The fourth-order valence-electron chi connectivity index (χ4n) is 2.50. The molecule has 1 aliphatic rings. The van der Waals surface area contributed by atoms with Gasteiger partial charge in [0, 0.05) is 18.7 Å². The third kappa shape index (κ3) is 2.89. The maximum Gasteiger partial charge on any atom is 0.244 e. The summed E-state index contributed by atoms with van der Waals surface area (Å²) in [5.74, 6) is 0.515. The van der Waals surface area contributed by atoms with Crippen molar-refractivity contribution in [2.24, 2.45) is 7.05 Å². The Kier molecular flexibility index (Phi) is 3.73. The van der Waals surface area contributed by atoms with Gasteiger partial charge in [-0.1, -0.05) is 0 Å². The van der Waals surface area contributed by atoms with Crippen LogP contribution in [0.5, 0.6) is 0 Å². The fourth-order valence-corrected chi connectivity index (χ4v) is 3.93. The summed E-state index contributed by atoms with van der Waals surface area (Å²) in [6, 6.07) is 1.88. The van der Waals surface area contributed by atoms with Crippen LogP contribution in [0.3, 0.4) is 0 Å². The van der Waals surface area contributed by atoms with E-state index in [0.717, 1.165) is 18.5 Å². The van der Waals surface area contributed by atoms with Crippen LogP contribution in [0.4, 0.5) is 0 Å². The third-order valence-corrected chi connectivity index (χ3v) is 5.55. The molecule has 2 aromatic rings. The normalized spacial score (nSPS) is 15.2. The van der Waals surface area contributed by atoms with Gasteiger partial charge in [0.1, 0.15) is 11.2 Å². The SMILES string of the molecule is Cc1nn(C)c(C)c1S(=O)(=O)NCc1cc(C2CC2)ncn1. The molecule has 1 saturated carbocycles. The second kappa shape index (κ2) is 5.44. The first-order valence-corrected chi connectivity index (χ1v) is 8.67. The maximum atomic E-state index is 12.5. The number of sulfonamides is 1. The molecular formula is C14H19N5O2S. The van der Waals surface area contributed by atoms with Crippen LogP contribution in [0.25, 0.3) is 0 Å². The summed E-state index contributed by atoms with van der Waals surface area (Å²) in [6.07, 6.45) is 3.80. The van der Waals surface area contributed by atoms with Crippen molar-refractivity contribution in [1.82, 2.24) is 24.5 Å². The Hall–Kier alpha value is -1.80. The minimum Gasteiger partial charge on any atom is -0.271 e. The standard InChI is InChI=1S/C14H19N5O2S/c1-9-14(10(2)19(3)18-9)22(20,21)17-7-12-6-13(11-4-5-11)16-8-15-12/h6,8,11,17H,4-5,7H2,1-3H3. The molecule has 2 aromatic heterocycles. The molecule has 7 nitrogen and oxygen atoms in total. The Labute approximate surface area is 129 Å². The number of hydrogen-bond donors (Lipinski definition) is 1. The van der Waals surface area contributed by atoms with E-state index in [0.29, 0.717) is 23.0 Å². The minimum absolute atomic E-state index is 0.151. The van der Waals surface area contributed by atoms with E-state index in [4.69, 9.17) is 0 Å². The highest BCUT2D eigenvalue weighted by molar-refractivity contribution is 7.89. The molecule has 0 aromatic carbocycles. The molecule has 0 bridgehead atoms. The summed E-state index contributed by atoms with van der Waals surface area (Å²) in [4.78, 5) is 8.61. The second-order valence-electron chi connectivity index (χ2n) is 5.66. The van der Waals surface area contributed by atoms with E-state index in [1.54, 1.807) is 25.6 Å². The minimum atomic E-state index is -3.61. The predicted octanol–water partition coefficient (Wildman–Crippen LogP) is 1.18. The zero-order chi connectivity index (χ0) is 15.9. The smallest absolute Gasteiger partial charge is 0.244 e. The van der Waals surface area contributed by atoms with Crippen LogP contribution in [-0.4, -0.2) is 28.2 Å². The molecule has 0 saturated heterocycles. The van der Waals surface area contributed by atoms with Gasteiger partial charge < -0.3 is 0 Å². The van der Waals surface area contributed by atoms with Gasteiger partial charge in [0.2, 0.25) is 10.0 Å². The molecule has 3 rings (SSSR count). The lowest BCUT2D eigenvalue weighted by molar-refractivity contribution is 0.578. The van der Waals surface area contributed by atoms with Gasteiger partial charge in [-0.15, -0.1) is 0 Å². The summed E-state index contributed by atoms with van der Waals surface area (Å²) in [5.41, 5.74) is 2.79. The molecule has 0 spiro atoms. The molecule has 1 aliphatic carbocycles. The van der Waals surface area contributed by atoms with Gasteiger partial charge in [0.15, 0.2) is 0 Å². The zero-order valence-electron chi connectivity index (χ0n) is 12.9. The van der Waals surface area contributed by atoms with Crippen LogP contribution in [0.2, 0.25) is 0 Å². The van der Waals surface area contributed by atoms with Crippen molar-refractivity contribution in [3.05, 3.63) is 35.2 Å². The van der Waals surface area contributed by atoms with Gasteiger partial charge in [0.05, 0.1) is 23.6 Å². The number of aromatic nitrogens is 4. The van der Waals surface area contributed by atoms with E-state index in [2.05, 4.69) is 19.8 Å². The van der Waals surface area contributed by atoms with Gasteiger partial charge >= 0.3 is 0 Å². The topological polar surface area (TPSA) is 89.8 Å². The first kappa shape index (κ1) is 15.1. The van der Waals surface area contributed by atoms with Crippen molar-refractivity contribution in [1.29, 1.82) is 0 Å². The second-order valence-corrected chi connectivity index (χ2v) is 7.36. The van der Waals surface area contributed by atoms with Crippen molar-refractivity contribution in [2.75, 3.05) is 0 Å². The van der Waals surface area contributed by atoms with E-state index in [-0.39, 0.29) is 11.4 Å². The van der Waals surface area contributed by atoms with Crippen LogP contribution < -0.4 is 4.72 Å². The summed E-state index contributed by atoms with van der Waals surface area (Å²) >= 11 is 0. The Balaban J connectivity index is 1.79. The number of nitrogens with one attached hydrogen (secondary N) is 1. The molecule has 1 fully saturated rings. The summed E-state index contributed by atoms with van der Waals surface area (Å²) in [7, 11) is -1.88. The van der Waals surface area contributed by atoms with Crippen molar-refractivity contribution < 1.29 is 8.42 Å². The predicted molar refractivity (Wildman–Crippen MR) is 80.7 cm³/mol. The molecule has 0 amide bonds. The maximum absolute atomic E-state index is 12.5. The quantitative estimate of drug-likeness (QED) is 0.893. The molecule has 0 atom stereocenters. The van der Waals surface area contributed by atoms with Gasteiger partial charge in [0.25, 0.3) is 0 Å². The molecule has 1 N–H and O–H groups in total. The summed E-state index contributed by atoms with van der Waals surface area (Å²) < 4.78 is 29.1. The van der Waals surface area contributed by atoms with Crippen LogP contribution in [0, 0.1) is 13.8 Å². The number of rotatable bonds is 5. The Morgan fingerprint density at radius 3 is 2.64 bits per heavy atom. The lowest BCUT2D eigenvalue weighted by atomic mass is 10.2. The van der Waals surface area contributed by atoms with Crippen molar-refractivity contribution in [3.63, 3.8) is 0 Å². The van der Waals surface area contributed by atoms with Gasteiger partial charge in [-0.3, -0.25) is 4.68 Å². The highest BCUT2D eigenvalue weighted by Gasteiger charge is 2.26. The Morgan fingerprint density at radius 1 is 1.32 bits per heavy atom. The number of hydrogen-bond acceptors (Lipinski definition) is 5. The van der Waals surface area contributed by atoms with E-state index in [1.807, 2.05) is 6.07 Å². The Morgan fingerprint density at radius 2 is 2.05 bits per heavy atom. The zero-order valence-corrected chi connectivity index (χ0v) is 13.7. The average molecular weight is 321 g/mol. The van der Waals surface area contributed by atoms with Gasteiger partial charge in [-0.05, 0) is 32.8 Å². The van der Waals surface area contributed by atoms with E-state index >= 15 is 0 Å². The van der Waals surface area contributed by atoms with Crippen molar-refractivity contribution in [3.8, 4) is 0 Å². The lowest BCUT2D eigenvalue weighted by Gasteiger charge is -2.07. The monoisotopic (exact) mass is 321 g/mol. The van der Waals surface area contributed by atoms with Crippen molar-refractivity contribution >= 4 is 10.0 Å². The van der Waals surface area contributed by atoms with Gasteiger partial charge in [-0.25, -0.2) is 23.1 Å². The molecule has 0 radical (unpaired) electrons. The molecule has 2 heterocycles.